The van der Waals surface area contributed by atoms with Gasteiger partial charge in [0.05, 0.1) is 25.7 Å². The summed E-state index contributed by atoms with van der Waals surface area (Å²) in [5.41, 5.74) is 1.85. The first-order chi connectivity index (χ1) is 17.6. The van der Waals surface area contributed by atoms with E-state index in [1.165, 1.54) is 32.6 Å². The monoisotopic (exact) mass is 529 g/mol. The van der Waals surface area contributed by atoms with Crippen molar-refractivity contribution in [1.82, 2.24) is 19.7 Å². The summed E-state index contributed by atoms with van der Waals surface area (Å²) in [7, 11) is -1.09. The molecule has 37 heavy (non-hydrogen) atoms. The molecule has 1 atom stereocenters. The number of aromatic nitrogens is 4. The minimum atomic E-state index is -4.06. The fourth-order valence-electron chi connectivity index (χ4n) is 3.39. The third-order valence-corrected chi connectivity index (χ3v) is 6.92. The Morgan fingerprint density at radius 1 is 1.24 bits per heavy atom. The SMILES string of the molecule is C=N/C(C[C@@H](C)S(=O)(=O)Nc1nnc(-c2cncc(C)c2)n1-c1c(OC)cccc1OC)=N\C=C(/C)F. The predicted molar refractivity (Wildman–Crippen MR) is 141 cm³/mol. The number of amidine groups is 1. The van der Waals surface area contributed by atoms with Crippen molar-refractivity contribution in [2.45, 2.75) is 32.4 Å². The van der Waals surface area contributed by atoms with Gasteiger partial charge in [-0.1, -0.05) is 6.07 Å². The highest BCUT2D eigenvalue weighted by Gasteiger charge is 2.28. The highest BCUT2D eigenvalue weighted by molar-refractivity contribution is 7.93. The normalized spacial score (nSPS) is 13.2. The third kappa shape index (κ3) is 6.36. The largest absolute Gasteiger partial charge is 0.494 e. The smallest absolute Gasteiger partial charge is 0.243 e. The number of ether oxygens (including phenoxy) is 2. The molecule has 196 valence electrons. The lowest BCUT2D eigenvalue weighted by molar-refractivity contribution is 0.391. The highest BCUT2D eigenvalue weighted by Crippen LogP contribution is 2.37. The van der Waals surface area contributed by atoms with Crippen molar-refractivity contribution in [3.63, 3.8) is 0 Å². The van der Waals surface area contributed by atoms with Gasteiger partial charge in [-0.15, -0.1) is 10.2 Å². The van der Waals surface area contributed by atoms with E-state index in [0.29, 0.717) is 28.6 Å². The predicted octanol–water partition coefficient (Wildman–Crippen LogP) is 4.11. The second-order valence-electron chi connectivity index (χ2n) is 8.03. The van der Waals surface area contributed by atoms with Crippen molar-refractivity contribution in [2.75, 3.05) is 18.9 Å². The van der Waals surface area contributed by atoms with E-state index in [1.807, 2.05) is 13.0 Å². The summed E-state index contributed by atoms with van der Waals surface area (Å²) in [6.07, 6.45) is 4.10. The quantitative estimate of drug-likeness (QED) is 0.309. The average Bonchev–Trinajstić information content (AvgIpc) is 3.27. The molecule has 3 aromatic rings. The molecule has 0 bridgehead atoms. The van der Waals surface area contributed by atoms with Gasteiger partial charge in [-0.05, 0) is 51.3 Å². The van der Waals surface area contributed by atoms with E-state index in [4.69, 9.17) is 9.47 Å². The van der Waals surface area contributed by atoms with Crippen molar-refractivity contribution in [3.8, 4) is 28.6 Å². The number of rotatable bonds is 10. The number of hydrogen-bond acceptors (Lipinski definition) is 8. The van der Waals surface area contributed by atoms with Crippen molar-refractivity contribution >= 4 is 28.5 Å². The van der Waals surface area contributed by atoms with Crippen molar-refractivity contribution in [2.24, 2.45) is 9.98 Å². The van der Waals surface area contributed by atoms with Crippen LogP contribution >= 0.6 is 0 Å². The summed E-state index contributed by atoms with van der Waals surface area (Å²) in [6.45, 7) is 7.94. The minimum absolute atomic E-state index is 0.0641. The van der Waals surface area contributed by atoms with Crippen LogP contribution in [-0.2, 0) is 10.0 Å². The summed E-state index contributed by atoms with van der Waals surface area (Å²) in [4.78, 5) is 11.8. The van der Waals surface area contributed by atoms with Crippen LogP contribution in [0.15, 0.2) is 58.7 Å². The van der Waals surface area contributed by atoms with Gasteiger partial charge in [0.1, 0.15) is 28.8 Å². The molecular formula is C24H28FN7O4S. The van der Waals surface area contributed by atoms with Crippen LogP contribution in [0, 0.1) is 6.92 Å². The van der Waals surface area contributed by atoms with Gasteiger partial charge in [-0.2, -0.15) is 0 Å². The van der Waals surface area contributed by atoms with E-state index >= 15 is 0 Å². The first-order valence-corrected chi connectivity index (χ1v) is 12.6. The van der Waals surface area contributed by atoms with E-state index in [-0.39, 0.29) is 18.2 Å². The zero-order chi connectivity index (χ0) is 27.2. The molecule has 0 fully saturated rings. The molecule has 0 aliphatic carbocycles. The summed E-state index contributed by atoms with van der Waals surface area (Å²) < 4.78 is 54.8. The van der Waals surface area contributed by atoms with Crippen LogP contribution in [0.25, 0.3) is 17.1 Å². The molecule has 1 N–H and O–H groups in total. The number of anilines is 1. The Morgan fingerprint density at radius 2 is 1.92 bits per heavy atom. The molecule has 1 aromatic carbocycles. The van der Waals surface area contributed by atoms with E-state index in [0.717, 1.165) is 11.8 Å². The van der Waals surface area contributed by atoms with Gasteiger partial charge >= 0.3 is 0 Å². The maximum atomic E-state index is 13.3. The Bertz CT molecular complexity index is 1420. The molecule has 2 aromatic heterocycles. The van der Waals surface area contributed by atoms with Gasteiger partial charge in [-0.25, -0.2) is 22.8 Å². The third-order valence-electron chi connectivity index (χ3n) is 5.23. The zero-order valence-electron chi connectivity index (χ0n) is 21.1. The Kier molecular flexibility index (Phi) is 8.71. The zero-order valence-corrected chi connectivity index (χ0v) is 22.0. The first-order valence-electron chi connectivity index (χ1n) is 11.1. The lowest BCUT2D eigenvalue weighted by atomic mass is 10.2. The Morgan fingerprint density at radius 3 is 2.49 bits per heavy atom. The summed E-state index contributed by atoms with van der Waals surface area (Å²) >= 11 is 0. The number of allylic oxidation sites excluding steroid dienone is 1. The number of methoxy groups -OCH3 is 2. The van der Waals surface area contributed by atoms with Crippen LogP contribution in [0.4, 0.5) is 10.3 Å². The van der Waals surface area contributed by atoms with Crippen molar-refractivity contribution in [1.29, 1.82) is 0 Å². The molecule has 0 saturated heterocycles. The fraction of sp³-hybridized carbons (Fsp3) is 0.292. The average molecular weight is 530 g/mol. The molecule has 0 radical (unpaired) electrons. The number of nitrogens with one attached hydrogen (secondary N) is 1. The molecule has 0 saturated carbocycles. The Labute approximate surface area is 214 Å². The molecule has 2 heterocycles. The molecule has 11 nitrogen and oxygen atoms in total. The first kappa shape index (κ1) is 27.5. The standard InChI is InChI=1S/C24H28FN7O4S/c1-15-10-18(14-27-12-15)23-29-30-24(32(23)22-19(35-5)8-7-9-20(22)36-6)31-37(33,34)17(3)11-21(26-4)28-13-16(2)25/h7-10,12-14,17H,4,11H2,1-3,5-6H3,(H,30,31)/b16-13+,28-21-/t17-/m1/s1. The molecular weight excluding hydrogens is 501 g/mol. The number of pyridine rings is 1. The van der Waals surface area contributed by atoms with Crippen LogP contribution in [0.1, 0.15) is 25.8 Å². The van der Waals surface area contributed by atoms with Gasteiger partial charge in [0, 0.05) is 24.4 Å². The van der Waals surface area contributed by atoms with Crippen LogP contribution in [-0.4, -0.2) is 60.2 Å². The van der Waals surface area contributed by atoms with E-state index in [9.17, 15) is 12.8 Å². The van der Waals surface area contributed by atoms with E-state index in [1.54, 1.807) is 30.6 Å². The number of halogens is 1. The van der Waals surface area contributed by atoms with Crippen LogP contribution in [0.3, 0.4) is 0 Å². The van der Waals surface area contributed by atoms with Gasteiger partial charge < -0.3 is 9.47 Å². The number of para-hydroxylation sites is 1. The molecule has 0 spiro atoms. The number of sulfonamides is 1. The number of hydrogen-bond donors (Lipinski definition) is 1. The second-order valence-corrected chi connectivity index (χ2v) is 10.1. The minimum Gasteiger partial charge on any atom is -0.494 e. The molecule has 13 heteroatoms. The molecule has 0 amide bonds. The van der Waals surface area contributed by atoms with Crippen LogP contribution in [0.2, 0.25) is 0 Å². The number of benzene rings is 1. The number of aryl methyl sites for hydroxylation is 1. The maximum absolute atomic E-state index is 13.3. The molecule has 0 aliphatic rings. The molecule has 0 unspecified atom stereocenters. The fourth-order valence-corrected chi connectivity index (χ4v) is 4.35. The number of nitrogens with zero attached hydrogens (tertiary/aromatic N) is 6. The summed E-state index contributed by atoms with van der Waals surface area (Å²) in [5, 5.41) is 7.36. The Hall–Kier alpha value is -4.13. The van der Waals surface area contributed by atoms with Gasteiger partial charge in [0.25, 0.3) is 0 Å². The summed E-state index contributed by atoms with van der Waals surface area (Å²) in [5.74, 6) is 0.515. The second kappa shape index (κ2) is 11.7. The van der Waals surface area contributed by atoms with E-state index in [2.05, 4.69) is 36.6 Å². The lowest BCUT2D eigenvalue weighted by Gasteiger charge is -2.19. The Balaban J connectivity index is 2.14. The van der Waals surface area contributed by atoms with Gasteiger partial charge in [0.2, 0.25) is 16.0 Å². The molecule has 0 aliphatic heterocycles. The van der Waals surface area contributed by atoms with Crippen molar-refractivity contribution in [3.05, 3.63) is 54.2 Å². The molecule has 3 rings (SSSR count). The number of aliphatic imine (C=N–C) groups is 2. The maximum Gasteiger partial charge on any atom is 0.243 e. The highest BCUT2D eigenvalue weighted by atomic mass is 32.2. The lowest BCUT2D eigenvalue weighted by Crippen LogP contribution is -2.28. The van der Waals surface area contributed by atoms with Gasteiger partial charge in [-0.3, -0.25) is 14.3 Å². The van der Waals surface area contributed by atoms with Crippen LogP contribution < -0.4 is 14.2 Å². The van der Waals surface area contributed by atoms with E-state index < -0.39 is 21.1 Å². The summed E-state index contributed by atoms with van der Waals surface area (Å²) in [6, 6.07) is 6.99. The van der Waals surface area contributed by atoms with Crippen molar-refractivity contribution < 1.29 is 22.3 Å². The van der Waals surface area contributed by atoms with Crippen LogP contribution in [0.5, 0.6) is 11.5 Å². The van der Waals surface area contributed by atoms with Gasteiger partial charge in [0.15, 0.2) is 5.82 Å². The topological polar surface area (TPSA) is 133 Å².